The molecule has 0 saturated carbocycles. The zero-order valence-electron chi connectivity index (χ0n) is 11.2. The van der Waals surface area contributed by atoms with E-state index in [2.05, 4.69) is 9.97 Å². The molecule has 1 heterocycles. The van der Waals surface area contributed by atoms with E-state index >= 15 is 0 Å². The van der Waals surface area contributed by atoms with Crippen LogP contribution in [-0.2, 0) is 0 Å². The second-order valence-corrected chi connectivity index (χ2v) is 3.39. The Bertz CT molecular complexity index is 757. The van der Waals surface area contributed by atoms with E-state index in [0.717, 1.165) is 0 Å². The summed E-state index contributed by atoms with van der Waals surface area (Å²) in [6.45, 7) is 0. The molecule has 0 aliphatic heterocycles. The highest BCUT2D eigenvalue weighted by Gasteiger charge is 2.21. The van der Waals surface area contributed by atoms with Crippen molar-refractivity contribution < 1.29 is 8.91 Å². The molecule has 2 N–H and O–H groups in total. The lowest BCUT2D eigenvalue weighted by Gasteiger charge is -2.12. The first kappa shape index (κ1) is 6.37. The number of rotatable bonds is 0. The summed E-state index contributed by atoms with van der Waals surface area (Å²) in [5, 5.41) is 0. The molecule has 0 radical (unpaired) electrons. The Labute approximate surface area is 96.0 Å². The molecule has 3 rings (SSSR count). The van der Waals surface area contributed by atoms with Crippen molar-refractivity contribution in [1.82, 2.24) is 9.97 Å². The van der Waals surface area contributed by atoms with Crippen molar-refractivity contribution in [3.63, 3.8) is 0 Å². The number of benzene rings is 1. The van der Waals surface area contributed by atoms with Gasteiger partial charge in [-0.1, -0.05) is 18.2 Å². The molecule has 2 aromatic rings. The van der Waals surface area contributed by atoms with Crippen LogP contribution in [0.3, 0.4) is 0 Å². The molecular formula is C12H9N3O. The second kappa shape index (κ2) is 3.13. The highest BCUT2D eigenvalue weighted by molar-refractivity contribution is 6.03. The van der Waals surface area contributed by atoms with E-state index in [1.165, 1.54) is 0 Å². The summed E-state index contributed by atoms with van der Waals surface area (Å²) >= 11 is 0. The molecule has 78 valence electrons. The van der Waals surface area contributed by atoms with Gasteiger partial charge in [-0.05, 0) is 12.1 Å². The van der Waals surface area contributed by atoms with E-state index in [9.17, 15) is 4.79 Å². The van der Waals surface area contributed by atoms with Crippen LogP contribution in [0.4, 0.5) is 0 Å². The van der Waals surface area contributed by atoms with Crippen molar-refractivity contribution in [3.8, 4) is 0 Å². The number of para-hydroxylation sites is 2. The zero-order valence-corrected chi connectivity index (χ0v) is 8.19. The monoisotopic (exact) mass is 214 g/mol. The number of fused-ring (bicyclic) bond motifs is 2. The van der Waals surface area contributed by atoms with Crippen LogP contribution in [0.5, 0.6) is 0 Å². The van der Waals surface area contributed by atoms with Gasteiger partial charge in [0.15, 0.2) is 5.78 Å². The maximum atomic E-state index is 12.0. The Balaban J connectivity index is 2.41. The van der Waals surface area contributed by atoms with Crippen LogP contribution in [0.15, 0.2) is 30.3 Å². The summed E-state index contributed by atoms with van der Waals surface area (Å²) in [6, 6.07) is 4.75. The first-order valence-corrected chi connectivity index (χ1v) is 4.71. The van der Waals surface area contributed by atoms with Gasteiger partial charge >= 0.3 is 0 Å². The molecule has 0 amide bonds. The van der Waals surface area contributed by atoms with Gasteiger partial charge in [-0.2, -0.15) is 0 Å². The van der Waals surface area contributed by atoms with Crippen LogP contribution in [0, 0.1) is 0 Å². The topological polar surface area (TPSA) is 68.9 Å². The molecule has 4 nitrogen and oxygen atoms in total. The van der Waals surface area contributed by atoms with E-state index in [1.807, 2.05) is 0 Å². The summed E-state index contributed by atoms with van der Waals surface area (Å²) in [6.07, 6.45) is -1.35. The summed E-state index contributed by atoms with van der Waals surface area (Å²) < 4.78 is 23.0. The summed E-state index contributed by atoms with van der Waals surface area (Å²) in [5.41, 5.74) is 6.56. The Morgan fingerprint density at radius 2 is 2.12 bits per heavy atom. The minimum Gasteiger partial charge on any atom is -0.397 e. The Hall–Kier alpha value is -2.23. The molecule has 1 aromatic heterocycles. The molecule has 0 saturated heterocycles. The predicted molar refractivity (Wildman–Crippen MR) is 60.6 cm³/mol. The summed E-state index contributed by atoms with van der Waals surface area (Å²) in [5.74, 6) is -0.584. The summed E-state index contributed by atoms with van der Waals surface area (Å²) in [7, 11) is 0. The zero-order chi connectivity index (χ0) is 13.7. The van der Waals surface area contributed by atoms with E-state index in [0.29, 0.717) is 11.0 Å². The van der Waals surface area contributed by atoms with Gasteiger partial charge in [0.1, 0.15) is 11.4 Å². The molecule has 0 spiro atoms. The van der Waals surface area contributed by atoms with Crippen molar-refractivity contribution in [2.75, 3.05) is 0 Å². The lowest BCUT2D eigenvalue weighted by Crippen LogP contribution is -2.16. The Kier molecular flexibility index (Phi) is 1.25. The van der Waals surface area contributed by atoms with Gasteiger partial charge in [0.05, 0.1) is 19.5 Å². The molecule has 1 aromatic carbocycles. The fourth-order valence-corrected chi connectivity index (χ4v) is 1.58. The van der Waals surface area contributed by atoms with Gasteiger partial charge in [0.2, 0.25) is 0 Å². The summed E-state index contributed by atoms with van der Waals surface area (Å²) in [4.78, 5) is 20.3. The minimum atomic E-state index is -1.35. The molecule has 16 heavy (non-hydrogen) atoms. The van der Waals surface area contributed by atoms with Gasteiger partial charge < -0.3 is 5.73 Å². The van der Waals surface area contributed by atoms with Gasteiger partial charge in [-0.15, -0.1) is 0 Å². The number of Topliss-reactive ketones (excluding diaryl/α,β-unsaturated/α-hetero) is 1. The smallest absolute Gasteiger partial charge is 0.187 e. The maximum Gasteiger partial charge on any atom is 0.187 e. The van der Waals surface area contributed by atoms with Gasteiger partial charge in [-0.3, -0.25) is 4.79 Å². The van der Waals surface area contributed by atoms with Crippen LogP contribution in [0.1, 0.15) is 26.7 Å². The van der Waals surface area contributed by atoms with Gasteiger partial charge in [0.25, 0.3) is 0 Å². The lowest BCUT2D eigenvalue weighted by atomic mass is 10.0. The van der Waals surface area contributed by atoms with E-state index in [4.69, 9.17) is 9.85 Å². The first-order chi connectivity index (χ1) is 9.00. The molecular weight excluding hydrogens is 202 g/mol. The number of carbonyl (C=O) groups excluding carboxylic acids is 1. The average Bonchev–Trinajstić information content (AvgIpc) is 2.42. The molecule has 1 aliphatic rings. The molecule has 0 bridgehead atoms. The van der Waals surface area contributed by atoms with Gasteiger partial charge in [-0.25, -0.2) is 9.97 Å². The van der Waals surface area contributed by atoms with Crippen LogP contribution in [0.25, 0.3) is 16.7 Å². The number of nitrogens with zero attached hydrogens (tertiary/aromatic N) is 2. The quantitative estimate of drug-likeness (QED) is 0.721. The number of hydrogen-bond donors (Lipinski definition) is 1. The van der Waals surface area contributed by atoms with Crippen LogP contribution in [0.2, 0.25) is 0 Å². The number of allylic oxidation sites excluding steroid dienone is 1. The third-order valence-corrected chi connectivity index (χ3v) is 2.34. The van der Waals surface area contributed by atoms with Crippen molar-refractivity contribution >= 4 is 22.5 Å². The fourth-order valence-electron chi connectivity index (χ4n) is 1.58. The SMILES string of the molecule is [2H]C1=C(N)c2nc3c([2H])cccc3nc2C(=O)C1[2H]. The van der Waals surface area contributed by atoms with E-state index < -0.39 is 12.2 Å². The van der Waals surface area contributed by atoms with Gasteiger partial charge in [0, 0.05) is 7.77 Å². The minimum absolute atomic E-state index is 0.00611. The predicted octanol–water partition coefficient (Wildman–Crippen LogP) is 1.52. The van der Waals surface area contributed by atoms with E-state index in [-0.39, 0.29) is 29.2 Å². The molecule has 1 aliphatic carbocycles. The normalized spacial score (nSPS) is 22.6. The standard InChI is InChI=1S/C12H9N3O/c13-7-5-6-10(16)12-11(7)14-8-3-1-2-4-9(8)15-12/h1-5H,6,13H2/i3D,5D,6D. The molecule has 1 unspecified atom stereocenters. The third-order valence-electron chi connectivity index (χ3n) is 2.34. The van der Waals surface area contributed by atoms with Crippen LogP contribution in [-0.4, -0.2) is 15.8 Å². The highest BCUT2D eigenvalue weighted by atomic mass is 16.1. The fraction of sp³-hybridized carbons (Fsp3) is 0.0833. The number of aromatic nitrogens is 2. The van der Waals surface area contributed by atoms with Crippen LogP contribution >= 0.6 is 0 Å². The Morgan fingerprint density at radius 3 is 3.00 bits per heavy atom. The number of ketones is 1. The van der Waals surface area contributed by atoms with Crippen molar-refractivity contribution in [1.29, 1.82) is 0 Å². The van der Waals surface area contributed by atoms with E-state index in [1.54, 1.807) is 18.2 Å². The average molecular weight is 214 g/mol. The van der Waals surface area contributed by atoms with Crippen molar-refractivity contribution in [3.05, 3.63) is 41.7 Å². The highest BCUT2D eigenvalue weighted by Crippen LogP contribution is 2.22. The number of nitrogens with two attached hydrogens (primary N) is 1. The Morgan fingerprint density at radius 1 is 1.31 bits per heavy atom. The number of hydrogen-bond acceptors (Lipinski definition) is 4. The maximum absolute atomic E-state index is 12.0. The largest absolute Gasteiger partial charge is 0.397 e. The lowest BCUT2D eigenvalue weighted by molar-refractivity contribution is 0.0989. The molecule has 0 fully saturated rings. The molecule has 4 heteroatoms. The third kappa shape index (κ3) is 1.20. The second-order valence-electron chi connectivity index (χ2n) is 3.39. The van der Waals surface area contributed by atoms with Crippen molar-refractivity contribution in [2.24, 2.45) is 5.73 Å². The molecule has 1 atom stereocenters. The first-order valence-electron chi connectivity index (χ1n) is 6.29. The number of carbonyl (C=O) groups is 1. The van der Waals surface area contributed by atoms with Crippen LogP contribution < -0.4 is 5.73 Å². The van der Waals surface area contributed by atoms with Crippen molar-refractivity contribution in [2.45, 2.75) is 6.40 Å².